The third kappa shape index (κ3) is 2.14. The highest BCUT2D eigenvalue weighted by molar-refractivity contribution is 5.84. The molecule has 0 saturated carbocycles. The Bertz CT molecular complexity index is 796. The van der Waals surface area contributed by atoms with Crippen LogP contribution in [0.4, 0.5) is 16.2 Å². The standard InChI is InChI=1S/C14H19FN6O3/c1-6(2)14(15)9(23)7(4-22)24-12(14)21-5-18-8-10(17-3)19-13(16)20-11(8)21/h5,7,9,12,22-23H,1,4H2,2-3H3,(H3,16,17,19,20)/t7-,9-,12-,14-/m1/s1. The number of ether oxygens (including phenoxy) is 1. The maximum atomic E-state index is 15.6. The van der Waals surface area contributed by atoms with E-state index in [0.717, 1.165) is 0 Å². The first-order chi connectivity index (χ1) is 11.3. The van der Waals surface area contributed by atoms with Gasteiger partial charge in [0.1, 0.15) is 12.2 Å². The minimum absolute atomic E-state index is 0.0226. The van der Waals surface area contributed by atoms with Crippen molar-refractivity contribution in [2.45, 2.75) is 31.0 Å². The number of anilines is 2. The molecule has 0 aliphatic carbocycles. The van der Waals surface area contributed by atoms with Crippen LogP contribution < -0.4 is 11.1 Å². The first-order valence-electron chi connectivity index (χ1n) is 7.31. The molecule has 24 heavy (non-hydrogen) atoms. The maximum absolute atomic E-state index is 15.6. The van der Waals surface area contributed by atoms with Crippen molar-refractivity contribution < 1.29 is 19.3 Å². The third-order valence-electron chi connectivity index (χ3n) is 4.21. The molecule has 1 fully saturated rings. The highest BCUT2D eigenvalue weighted by atomic mass is 19.1. The van der Waals surface area contributed by atoms with E-state index in [1.165, 1.54) is 17.8 Å². The number of aliphatic hydroxyl groups excluding tert-OH is 2. The molecule has 2 aromatic rings. The van der Waals surface area contributed by atoms with Crippen molar-refractivity contribution in [2.24, 2.45) is 0 Å². The minimum atomic E-state index is -2.32. The lowest BCUT2D eigenvalue weighted by molar-refractivity contribution is -0.0530. The lowest BCUT2D eigenvalue weighted by atomic mass is 9.89. The number of imidazole rings is 1. The van der Waals surface area contributed by atoms with Crippen molar-refractivity contribution in [1.29, 1.82) is 0 Å². The summed E-state index contributed by atoms with van der Waals surface area (Å²) in [5.74, 6) is 0.360. The fourth-order valence-corrected chi connectivity index (χ4v) is 2.91. The normalized spacial score (nSPS) is 30.0. The summed E-state index contributed by atoms with van der Waals surface area (Å²) in [4.78, 5) is 12.3. The van der Waals surface area contributed by atoms with E-state index in [0.29, 0.717) is 11.3 Å². The number of alkyl halides is 1. The van der Waals surface area contributed by atoms with Crippen LogP contribution in [-0.2, 0) is 4.74 Å². The van der Waals surface area contributed by atoms with Crippen LogP contribution in [0.1, 0.15) is 13.2 Å². The molecule has 0 spiro atoms. The fourth-order valence-electron chi connectivity index (χ4n) is 2.91. The Balaban J connectivity index is 2.19. The summed E-state index contributed by atoms with van der Waals surface area (Å²) in [6.45, 7) is 4.53. The molecule has 4 atom stereocenters. The van der Waals surface area contributed by atoms with Crippen LogP contribution in [0.5, 0.6) is 0 Å². The van der Waals surface area contributed by atoms with E-state index in [1.54, 1.807) is 7.05 Å². The third-order valence-corrected chi connectivity index (χ3v) is 4.21. The van der Waals surface area contributed by atoms with Gasteiger partial charge in [0.05, 0.1) is 12.9 Å². The van der Waals surface area contributed by atoms with Crippen molar-refractivity contribution in [3.8, 4) is 0 Å². The molecular weight excluding hydrogens is 319 g/mol. The number of aromatic nitrogens is 4. The van der Waals surface area contributed by atoms with Crippen LogP contribution in [0.3, 0.4) is 0 Å². The lowest BCUT2D eigenvalue weighted by Crippen LogP contribution is -2.44. The van der Waals surface area contributed by atoms with Gasteiger partial charge >= 0.3 is 0 Å². The second kappa shape index (κ2) is 5.65. The predicted molar refractivity (Wildman–Crippen MR) is 84.9 cm³/mol. The van der Waals surface area contributed by atoms with Crippen LogP contribution in [0.2, 0.25) is 0 Å². The highest BCUT2D eigenvalue weighted by Crippen LogP contribution is 2.46. The summed E-state index contributed by atoms with van der Waals surface area (Å²) in [7, 11) is 1.64. The van der Waals surface area contributed by atoms with Gasteiger partial charge in [-0.25, -0.2) is 9.37 Å². The number of hydrogen-bond donors (Lipinski definition) is 4. The van der Waals surface area contributed by atoms with Crippen molar-refractivity contribution in [2.75, 3.05) is 24.7 Å². The average molecular weight is 338 g/mol. The van der Waals surface area contributed by atoms with E-state index in [-0.39, 0.29) is 17.2 Å². The Kier molecular flexibility index (Phi) is 3.90. The van der Waals surface area contributed by atoms with Gasteiger partial charge in [0, 0.05) is 7.05 Å². The first-order valence-corrected chi connectivity index (χ1v) is 7.31. The maximum Gasteiger partial charge on any atom is 0.224 e. The summed E-state index contributed by atoms with van der Waals surface area (Å²) in [5.41, 5.74) is 4.05. The number of nitrogens with zero attached hydrogens (tertiary/aromatic N) is 4. The van der Waals surface area contributed by atoms with Gasteiger partial charge < -0.3 is 26.0 Å². The summed E-state index contributed by atoms with van der Waals surface area (Å²) >= 11 is 0. The van der Waals surface area contributed by atoms with Gasteiger partial charge in [-0.15, -0.1) is 0 Å². The monoisotopic (exact) mass is 338 g/mol. The lowest BCUT2D eigenvalue weighted by Gasteiger charge is -2.29. The fraction of sp³-hybridized carbons (Fsp3) is 0.500. The number of nitrogens with one attached hydrogen (secondary N) is 1. The SMILES string of the molecule is C=C(C)[C@@]1(F)[C@H](O)[C@@H](CO)O[C@H]1n1cnc2c(NC)nc(N)nc21. The van der Waals surface area contributed by atoms with Crippen LogP contribution in [0, 0.1) is 0 Å². The molecule has 5 N–H and O–H groups in total. The Labute approximate surface area is 137 Å². The topological polar surface area (TPSA) is 131 Å². The smallest absolute Gasteiger partial charge is 0.224 e. The van der Waals surface area contributed by atoms with Gasteiger partial charge in [-0.05, 0) is 12.5 Å². The average Bonchev–Trinajstić information content (AvgIpc) is 3.07. The molecule has 0 bridgehead atoms. The molecule has 1 aliphatic rings. The molecular formula is C14H19FN6O3. The van der Waals surface area contributed by atoms with Crippen LogP contribution in [0.15, 0.2) is 18.5 Å². The minimum Gasteiger partial charge on any atom is -0.394 e. The molecule has 3 heterocycles. The number of fused-ring (bicyclic) bond motifs is 1. The summed E-state index contributed by atoms with van der Waals surface area (Å²) in [6, 6.07) is 0. The van der Waals surface area contributed by atoms with Crippen LogP contribution in [0.25, 0.3) is 11.2 Å². The number of aliphatic hydroxyl groups is 2. The zero-order valence-corrected chi connectivity index (χ0v) is 13.3. The molecule has 0 amide bonds. The molecule has 3 rings (SSSR count). The van der Waals surface area contributed by atoms with Crippen molar-refractivity contribution in [3.05, 3.63) is 18.5 Å². The number of nitrogen functional groups attached to an aromatic ring is 1. The van der Waals surface area contributed by atoms with Crippen molar-refractivity contribution >= 4 is 22.9 Å². The molecule has 0 aromatic carbocycles. The Morgan fingerprint density at radius 3 is 2.88 bits per heavy atom. The zero-order chi connectivity index (χ0) is 17.6. The Morgan fingerprint density at radius 2 is 2.29 bits per heavy atom. The van der Waals surface area contributed by atoms with E-state index in [2.05, 4.69) is 26.8 Å². The van der Waals surface area contributed by atoms with E-state index in [9.17, 15) is 10.2 Å². The van der Waals surface area contributed by atoms with Gasteiger partial charge in [-0.2, -0.15) is 9.97 Å². The van der Waals surface area contributed by atoms with Crippen molar-refractivity contribution in [1.82, 2.24) is 19.5 Å². The molecule has 2 aromatic heterocycles. The number of rotatable bonds is 4. The highest BCUT2D eigenvalue weighted by Gasteiger charge is 2.59. The number of halogens is 1. The summed E-state index contributed by atoms with van der Waals surface area (Å²) in [5, 5.41) is 22.4. The van der Waals surface area contributed by atoms with E-state index < -0.39 is 30.7 Å². The summed E-state index contributed by atoms with van der Waals surface area (Å²) in [6.07, 6.45) is -2.65. The second-order valence-electron chi connectivity index (χ2n) is 5.71. The van der Waals surface area contributed by atoms with Gasteiger partial charge in [0.15, 0.2) is 23.2 Å². The second-order valence-corrected chi connectivity index (χ2v) is 5.71. The first kappa shape index (κ1) is 16.6. The van der Waals surface area contributed by atoms with Gasteiger partial charge in [0.2, 0.25) is 11.6 Å². The Morgan fingerprint density at radius 1 is 1.58 bits per heavy atom. The predicted octanol–water partition coefficient (Wildman–Crippen LogP) is -0.0148. The zero-order valence-electron chi connectivity index (χ0n) is 13.3. The van der Waals surface area contributed by atoms with Crippen LogP contribution >= 0.6 is 0 Å². The Hall–Kier alpha value is -2.30. The van der Waals surface area contributed by atoms with Crippen LogP contribution in [-0.4, -0.2) is 61.3 Å². The molecule has 1 aliphatic heterocycles. The molecule has 0 unspecified atom stereocenters. The molecule has 10 heteroatoms. The van der Waals surface area contributed by atoms with Gasteiger partial charge in [-0.3, -0.25) is 4.57 Å². The van der Waals surface area contributed by atoms with E-state index >= 15 is 4.39 Å². The van der Waals surface area contributed by atoms with Gasteiger partial charge in [0.25, 0.3) is 0 Å². The van der Waals surface area contributed by atoms with E-state index in [1.807, 2.05) is 0 Å². The molecule has 0 radical (unpaired) electrons. The van der Waals surface area contributed by atoms with Gasteiger partial charge in [-0.1, -0.05) is 6.58 Å². The quantitative estimate of drug-likeness (QED) is 0.572. The summed E-state index contributed by atoms with van der Waals surface area (Å²) < 4.78 is 22.4. The largest absolute Gasteiger partial charge is 0.394 e. The number of nitrogens with two attached hydrogens (primary N) is 1. The van der Waals surface area contributed by atoms with E-state index in [4.69, 9.17) is 10.5 Å². The molecule has 130 valence electrons. The number of hydrogen-bond acceptors (Lipinski definition) is 8. The molecule has 9 nitrogen and oxygen atoms in total. The van der Waals surface area contributed by atoms with Crippen molar-refractivity contribution in [3.63, 3.8) is 0 Å². The molecule has 1 saturated heterocycles.